The number of nitrogens with zero attached hydrogens (tertiary/aromatic N) is 5. The SMILES string of the molecule is CN(CC(=O)Nc1nc(-c2ccc(F)cc2)cs1)Cc1nnc2n1CCC2. The number of aryl methyl sites for hydroxylation is 1. The second-order valence-corrected chi connectivity index (χ2v) is 7.41. The number of halogens is 1. The fraction of sp³-hybridized carbons (Fsp3) is 0.333. The lowest BCUT2D eigenvalue weighted by molar-refractivity contribution is -0.117. The number of nitrogens with one attached hydrogen (secondary N) is 1. The van der Waals surface area contributed by atoms with E-state index >= 15 is 0 Å². The van der Waals surface area contributed by atoms with Crippen LogP contribution in [0.1, 0.15) is 18.1 Å². The molecular formula is C18H19FN6OS. The first-order chi connectivity index (χ1) is 13.1. The molecule has 0 bridgehead atoms. The highest BCUT2D eigenvalue weighted by molar-refractivity contribution is 7.14. The van der Waals surface area contributed by atoms with Crippen molar-refractivity contribution >= 4 is 22.4 Å². The summed E-state index contributed by atoms with van der Waals surface area (Å²) >= 11 is 1.34. The molecule has 0 unspecified atom stereocenters. The molecular weight excluding hydrogens is 367 g/mol. The van der Waals surface area contributed by atoms with Gasteiger partial charge < -0.3 is 9.88 Å². The first-order valence-corrected chi connectivity index (χ1v) is 9.57. The fourth-order valence-electron chi connectivity index (χ4n) is 3.11. The minimum Gasteiger partial charge on any atom is -0.314 e. The van der Waals surface area contributed by atoms with Gasteiger partial charge >= 0.3 is 0 Å². The van der Waals surface area contributed by atoms with E-state index in [0.29, 0.717) is 17.4 Å². The molecule has 1 aliphatic rings. The van der Waals surface area contributed by atoms with Crippen LogP contribution in [0.2, 0.25) is 0 Å². The molecule has 2 aromatic heterocycles. The normalized spacial score (nSPS) is 13.1. The third-order valence-electron chi connectivity index (χ3n) is 4.40. The lowest BCUT2D eigenvalue weighted by Gasteiger charge is -2.15. The van der Waals surface area contributed by atoms with Gasteiger partial charge in [-0.2, -0.15) is 0 Å². The average molecular weight is 386 g/mol. The van der Waals surface area contributed by atoms with E-state index in [0.717, 1.165) is 36.6 Å². The predicted octanol–water partition coefficient (Wildman–Crippen LogP) is 2.56. The highest BCUT2D eigenvalue weighted by Crippen LogP contribution is 2.25. The van der Waals surface area contributed by atoms with E-state index in [1.54, 1.807) is 12.1 Å². The number of hydrogen-bond donors (Lipinski definition) is 1. The second kappa shape index (κ2) is 7.53. The summed E-state index contributed by atoms with van der Waals surface area (Å²) in [5.74, 6) is 1.49. The smallest absolute Gasteiger partial charge is 0.240 e. The number of thiazole rings is 1. The van der Waals surface area contributed by atoms with Gasteiger partial charge in [-0.25, -0.2) is 9.37 Å². The van der Waals surface area contributed by atoms with Crippen LogP contribution in [-0.4, -0.2) is 44.1 Å². The van der Waals surface area contributed by atoms with E-state index in [2.05, 4.69) is 25.1 Å². The van der Waals surface area contributed by atoms with Crippen LogP contribution < -0.4 is 5.32 Å². The average Bonchev–Trinajstić information content (AvgIpc) is 3.34. The molecule has 1 amide bonds. The maximum atomic E-state index is 13.0. The molecule has 0 saturated heterocycles. The Balaban J connectivity index is 1.33. The summed E-state index contributed by atoms with van der Waals surface area (Å²) in [6.45, 7) is 1.75. The monoisotopic (exact) mass is 386 g/mol. The van der Waals surface area contributed by atoms with Crippen molar-refractivity contribution in [3.8, 4) is 11.3 Å². The van der Waals surface area contributed by atoms with Gasteiger partial charge in [0.2, 0.25) is 5.91 Å². The number of carbonyl (C=O) groups excluding carboxylic acids is 1. The molecule has 0 fully saturated rings. The van der Waals surface area contributed by atoms with Crippen molar-refractivity contribution in [1.29, 1.82) is 0 Å². The topological polar surface area (TPSA) is 75.9 Å². The van der Waals surface area contributed by atoms with E-state index in [9.17, 15) is 9.18 Å². The molecule has 7 nitrogen and oxygen atoms in total. The van der Waals surface area contributed by atoms with Gasteiger partial charge in [0, 0.05) is 23.9 Å². The Kier molecular flexibility index (Phi) is 4.95. The van der Waals surface area contributed by atoms with Crippen molar-refractivity contribution in [2.45, 2.75) is 25.9 Å². The summed E-state index contributed by atoms with van der Waals surface area (Å²) in [6, 6.07) is 6.12. The van der Waals surface area contributed by atoms with E-state index in [1.807, 2.05) is 17.3 Å². The maximum absolute atomic E-state index is 13.0. The first-order valence-electron chi connectivity index (χ1n) is 8.69. The molecule has 27 heavy (non-hydrogen) atoms. The van der Waals surface area contributed by atoms with Crippen molar-refractivity contribution < 1.29 is 9.18 Å². The minimum atomic E-state index is -0.288. The van der Waals surface area contributed by atoms with Crippen LogP contribution in [0.5, 0.6) is 0 Å². The van der Waals surface area contributed by atoms with Gasteiger partial charge in [0.25, 0.3) is 0 Å². The number of anilines is 1. The number of aromatic nitrogens is 4. The van der Waals surface area contributed by atoms with Crippen molar-refractivity contribution in [3.05, 3.63) is 47.1 Å². The molecule has 0 aliphatic carbocycles. The lowest BCUT2D eigenvalue weighted by Crippen LogP contribution is -2.30. The molecule has 0 radical (unpaired) electrons. The van der Waals surface area contributed by atoms with Crippen molar-refractivity contribution in [3.63, 3.8) is 0 Å². The van der Waals surface area contributed by atoms with E-state index in [4.69, 9.17) is 0 Å². The zero-order valence-electron chi connectivity index (χ0n) is 14.9. The van der Waals surface area contributed by atoms with Gasteiger partial charge in [-0.05, 0) is 37.7 Å². The van der Waals surface area contributed by atoms with Crippen LogP contribution in [-0.2, 0) is 24.3 Å². The Morgan fingerprint density at radius 2 is 2.15 bits per heavy atom. The van der Waals surface area contributed by atoms with Crippen LogP contribution in [0.15, 0.2) is 29.6 Å². The van der Waals surface area contributed by atoms with E-state index in [1.165, 1.54) is 23.5 Å². The quantitative estimate of drug-likeness (QED) is 0.705. The van der Waals surface area contributed by atoms with Crippen molar-refractivity contribution in [1.82, 2.24) is 24.6 Å². The number of amides is 1. The van der Waals surface area contributed by atoms with Gasteiger partial charge in [0.15, 0.2) is 5.13 Å². The van der Waals surface area contributed by atoms with Crippen LogP contribution in [0, 0.1) is 5.82 Å². The molecule has 140 valence electrons. The summed E-state index contributed by atoms with van der Waals surface area (Å²) in [5, 5.41) is 13.6. The molecule has 4 rings (SSSR count). The zero-order chi connectivity index (χ0) is 18.8. The van der Waals surface area contributed by atoms with Crippen LogP contribution >= 0.6 is 11.3 Å². The minimum absolute atomic E-state index is 0.140. The Morgan fingerprint density at radius 3 is 2.96 bits per heavy atom. The van der Waals surface area contributed by atoms with Crippen molar-refractivity contribution in [2.75, 3.05) is 18.9 Å². The number of fused-ring (bicyclic) bond motifs is 1. The Labute approximate surface area is 159 Å². The zero-order valence-corrected chi connectivity index (χ0v) is 15.7. The van der Waals surface area contributed by atoms with Crippen LogP contribution in [0.4, 0.5) is 9.52 Å². The van der Waals surface area contributed by atoms with Crippen LogP contribution in [0.25, 0.3) is 11.3 Å². The largest absolute Gasteiger partial charge is 0.314 e. The van der Waals surface area contributed by atoms with E-state index < -0.39 is 0 Å². The maximum Gasteiger partial charge on any atom is 0.240 e. The molecule has 0 atom stereocenters. The predicted molar refractivity (Wildman–Crippen MR) is 101 cm³/mol. The molecule has 1 aliphatic heterocycles. The van der Waals surface area contributed by atoms with Crippen molar-refractivity contribution in [2.24, 2.45) is 0 Å². The molecule has 3 aromatic rings. The summed E-state index contributed by atoms with van der Waals surface area (Å²) < 4.78 is 15.1. The van der Waals surface area contributed by atoms with Gasteiger partial charge in [0.1, 0.15) is 17.5 Å². The van der Waals surface area contributed by atoms with Gasteiger partial charge in [-0.15, -0.1) is 21.5 Å². The Morgan fingerprint density at radius 1 is 1.33 bits per heavy atom. The van der Waals surface area contributed by atoms with Gasteiger partial charge in [-0.3, -0.25) is 9.69 Å². The number of likely N-dealkylation sites (N-methyl/N-ethyl adjacent to an activating group) is 1. The molecule has 3 heterocycles. The number of hydrogen-bond acceptors (Lipinski definition) is 6. The number of carbonyl (C=O) groups is 1. The van der Waals surface area contributed by atoms with E-state index in [-0.39, 0.29) is 18.3 Å². The Bertz CT molecular complexity index is 951. The highest BCUT2D eigenvalue weighted by atomic mass is 32.1. The summed E-state index contributed by atoms with van der Waals surface area (Å²) in [4.78, 5) is 18.6. The summed E-state index contributed by atoms with van der Waals surface area (Å²) in [5.41, 5.74) is 1.52. The lowest BCUT2D eigenvalue weighted by atomic mass is 10.2. The second-order valence-electron chi connectivity index (χ2n) is 6.55. The number of rotatable bonds is 6. The molecule has 0 spiro atoms. The molecule has 1 aromatic carbocycles. The first kappa shape index (κ1) is 17.7. The highest BCUT2D eigenvalue weighted by Gasteiger charge is 2.19. The Hall–Kier alpha value is -2.65. The number of benzene rings is 1. The molecule has 0 saturated carbocycles. The van der Waals surface area contributed by atoms with Gasteiger partial charge in [-0.1, -0.05) is 0 Å². The standard InChI is InChI=1S/C18H19FN6OS/c1-24(9-16-23-22-15-3-2-8-25(15)16)10-17(26)21-18-20-14(11-27-18)12-4-6-13(19)7-5-12/h4-7,11H,2-3,8-10H2,1H3,(H,20,21,26). The fourth-order valence-corrected chi connectivity index (χ4v) is 3.85. The molecule has 1 N–H and O–H groups in total. The van der Waals surface area contributed by atoms with Gasteiger partial charge in [0.05, 0.1) is 18.8 Å². The third kappa shape index (κ3) is 4.04. The summed E-state index contributed by atoms with van der Waals surface area (Å²) in [7, 11) is 1.88. The molecule has 9 heteroatoms. The third-order valence-corrected chi connectivity index (χ3v) is 5.16. The summed E-state index contributed by atoms with van der Waals surface area (Å²) in [6.07, 6.45) is 2.07. The van der Waals surface area contributed by atoms with Crippen LogP contribution in [0.3, 0.4) is 0 Å².